The maximum atomic E-state index is 12.0. The number of hydrogen-bond donors (Lipinski definition) is 1. The number of hydrogen-bond acceptors (Lipinski definition) is 5. The normalized spacial score (nSPS) is 13.7. The SMILES string of the molecule is O=C1CCC(C(=O)OCc2ccccc2Oc2ccccc2)=NN1. The summed E-state index contributed by atoms with van der Waals surface area (Å²) in [7, 11) is 0. The number of ether oxygens (including phenoxy) is 2. The molecule has 2 aromatic rings. The van der Waals surface area contributed by atoms with Crippen LogP contribution in [-0.2, 0) is 20.9 Å². The summed E-state index contributed by atoms with van der Waals surface area (Å²) in [5.74, 6) is 0.587. The highest BCUT2D eigenvalue weighted by molar-refractivity contribution is 6.37. The second-order valence-electron chi connectivity index (χ2n) is 5.19. The quantitative estimate of drug-likeness (QED) is 0.858. The van der Waals surface area contributed by atoms with Crippen LogP contribution in [0.4, 0.5) is 0 Å². The third-order valence-corrected chi connectivity index (χ3v) is 3.44. The van der Waals surface area contributed by atoms with E-state index in [0.29, 0.717) is 11.5 Å². The van der Waals surface area contributed by atoms with Crippen molar-refractivity contribution in [1.82, 2.24) is 5.43 Å². The highest BCUT2D eigenvalue weighted by Crippen LogP contribution is 2.25. The number of nitrogens with zero attached hydrogens (tertiary/aromatic N) is 1. The molecule has 1 aliphatic heterocycles. The molecule has 2 aromatic carbocycles. The Labute approximate surface area is 139 Å². The predicted octanol–water partition coefficient (Wildman–Crippen LogP) is 2.79. The van der Waals surface area contributed by atoms with E-state index in [4.69, 9.17) is 9.47 Å². The third kappa shape index (κ3) is 3.98. The van der Waals surface area contributed by atoms with Gasteiger partial charge in [0, 0.05) is 18.4 Å². The van der Waals surface area contributed by atoms with Gasteiger partial charge in [0.25, 0.3) is 0 Å². The van der Waals surface area contributed by atoms with Crippen LogP contribution >= 0.6 is 0 Å². The van der Waals surface area contributed by atoms with Crippen LogP contribution in [0.2, 0.25) is 0 Å². The summed E-state index contributed by atoms with van der Waals surface area (Å²) in [5.41, 5.74) is 3.24. The molecule has 0 saturated heterocycles. The summed E-state index contributed by atoms with van der Waals surface area (Å²) in [6, 6.07) is 16.7. The number of amides is 1. The van der Waals surface area contributed by atoms with Crippen LogP contribution in [-0.4, -0.2) is 17.6 Å². The molecule has 0 unspecified atom stereocenters. The first-order valence-corrected chi connectivity index (χ1v) is 7.56. The Hall–Kier alpha value is -3.15. The molecule has 0 bridgehead atoms. The van der Waals surface area contributed by atoms with Crippen LogP contribution in [0.1, 0.15) is 18.4 Å². The maximum Gasteiger partial charge on any atom is 0.354 e. The van der Waals surface area contributed by atoms with Gasteiger partial charge < -0.3 is 9.47 Å². The minimum absolute atomic E-state index is 0.0643. The van der Waals surface area contributed by atoms with Gasteiger partial charge in [-0.3, -0.25) is 4.79 Å². The second-order valence-corrected chi connectivity index (χ2v) is 5.19. The molecule has 0 atom stereocenters. The minimum atomic E-state index is -0.537. The van der Waals surface area contributed by atoms with E-state index in [1.165, 1.54) is 0 Å². The van der Waals surface area contributed by atoms with E-state index in [1.807, 2.05) is 54.6 Å². The Morgan fingerprint density at radius 1 is 1.04 bits per heavy atom. The predicted molar refractivity (Wildman–Crippen MR) is 87.6 cm³/mol. The fourth-order valence-corrected chi connectivity index (χ4v) is 2.19. The molecule has 0 radical (unpaired) electrons. The third-order valence-electron chi connectivity index (χ3n) is 3.44. The Morgan fingerprint density at radius 2 is 1.79 bits per heavy atom. The molecule has 0 aliphatic carbocycles. The van der Waals surface area contributed by atoms with Crippen LogP contribution in [0, 0.1) is 0 Å². The highest BCUT2D eigenvalue weighted by Gasteiger charge is 2.20. The molecule has 0 saturated carbocycles. The lowest BCUT2D eigenvalue weighted by Crippen LogP contribution is -2.30. The average Bonchev–Trinajstić information content (AvgIpc) is 2.62. The van der Waals surface area contributed by atoms with Gasteiger partial charge in [0.15, 0.2) is 0 Å². The van der Waals surface area contributed by atoms with Crippen molar-refractivity contribution < 1.29 is 19.1 Å². The van der Waals surface area contributed by atoms with Crippen molar-refractivity contribution in [2.45, 2.75) is 19.4 Å². The Balaban J connectivity index is 1.65. The molecule has 0 spiro atoms. The largest absolute Gasteiger partial charge is 0.457 e. The van der Waals surface area contributed by atoms with E-state index >= 15 is 0 Å². The molecule has 122 valence electrons. The smallest absolute Gasteiger partial charge is 0.354 e. The van der Waals surface area contributed by atoms with E-state index in [9.17, 15) is 9.59 Å². The fourth-order valence-electron chi connectivity index (χ4n) is 2.19. The lowest BCUT2D eigenvalue weighted by Gasteiger charge is -2.13. The molecule has 6 nitrogen and oxygen atoms in total. The number of benzene rings is 2. The first-order chi connectivity index (χ1) is 11.7. The number of nitrogens with one attached hydrogen (secondary N) is 1. The first kappa shape index (κ1) is 15.7. The van der Waals surface area contributed by atoms with Crippen LogP contribution < -0.4 is 10.2 Å². The summed E-state index contributed by atoms with van der Waals surface area (Å²) >= 11 is 0. The summed E-state index contributed by atoms with van der Waals surface area (Å²) in [4.78, 5) is 23.0. The standard InChI is InChI=1S/C18H16N2O4/c21-17-11-10-15(19-20-17)18(22)23-12-13-6-4-5-9-16(13)24-14-7-2-1-3-8-14/h1-9H,10-12H2,(H,20,21). The molecule has 1 aliphatic rings. The van der Waals surface area contributed by atoms with Crippen molar-refractivity contribution in [3.8, 4) is 11.5 Å². The van der Waals surface area contributed by atoms with Crippen molar-refractivity contribution in [2.75, 3.05) is 0 Å². The zero-order valence-corrected chi connectivity index (χ0v) is 12.9. The molecular weight excluding hydrogens is 308 g/mol. The van der Waals surface area contributed by atoms with E-state index in [-0.39, 0.29) is 31.1 Å². The topological polar surface area (TPSA) is 77.0 Å². The number of carbonyl (C=O) groups excluding carboxylic acids is 2. The summed E-state index contributed by atoms with van der Waals surface area (Å²) in [5, 5.41) is 3.72. The number of carbonyl (C=O) groups is 2. The van der Waals surface area contributed by atoms with Crippen LogP contribution in [0.3, 0.4) is 0 Å². The van der Waals surface area contributed by atoms with Crippen molar-refractivity contribution >= 4 is 17.6 Å². The maximum absolute atomic E-state index is 12.0. The van der Waals surface area contributed by atoms with Crippen LogP contribution in [0.5, 0.6) is 11.5 Å². The molecule has 24 heavy (non-hydrogen) atoms. The van der Waals surface area contributed by atoms with Gasteiger partial charge in [-0.2, -0.15) is 5.10 Å². The van der Waals surface area contributed by atoms with Gasteiger partial charge in [0.1, 0.15) is 23.8 Å². The lowest BCUT2D eigenvalue weighted by molar-refractivity contribution is -0.137. The highest BCUT2D eigenvalue weighted by atomic mass is 16.5. The van der Waals surface area contributed by atoms with Gasteiger partial charge in [0.2, 0.25) is 5.91 Å². The minimum Gasteiger partial charge on any atom is -0.457 e. The van der Waals surface area contributed by atoms with E-state index in [1.54, 1.807) is 0 Å². The monoisotopic (exact) mass is 324 g/mol. The van der Waals surface area contributed by atoms with Crippen molar-refractivity contribution in [3.05, 3.63) is 60.2 Å². The average molecular weight is 324 g/mol. The summed E-state index contributed by atoms with van der Waals surface area (Å²) in [6.07, 6.45) is 0.522. The molecule has 0 aromatic heterocycles. The van der Waals surface area contributed by atoms with Gasteiger partial charge in [-0.15, -0.1) is 0 Å². The van der Waals surface area contributed by atoms with Gasteiger partial charge >= 0.3 is 5.97 Å². The summed E-state index contributed by atoms with van der Waals surface area (Å²) in [6.45, 7) is 0.0643. The van der Waals surface area contributed by atoms with Crippen LogP contribution in [0.15, 0.2) is 59.7 Å². The number of hydrazone groups is 1. The first-order valence-electron chi connectivity index (χ1n) is 7.56. The molecule has 0 fully saturated rings. The fraction of sp³-hybridized carbons (Fsp3) is 0.167. The molecule has 1 heterocycles. The van der Waals surface area contributed by atoms with Gasteiger partial charge in [0.05, 0.1) is 0 Å². The number of para-hydroxylation sites is 2. The molecule has 3 rings (SSSR count). The van der Waals surface area contributed by atoms with E-state index < -0.39 is 5.97 Å². The Kier molecular flexibility index (Phi) is 4.86. The van der Waals surface area contributed by atoms with Crippen LogP contribution in [0.25, 0.3) is 0 Å². The summed E-state index contributed by atoms with van der Waals surface area (Å²) < 4.78 is 11.1. The zero-order valence-electron chi connectivity index (χ0n) is 12.9. The lowest BCUT2D eigenvalue weighted by atomic mass is 10.2. The van der Waals surface area contributed by atoms with Crippen molar-refractivity contribution in [3.63, 3.8) is 0 Å². The number of esters is 1. The number of rotatable bonds is 5. The van der Waals surface area contributed by atoms with Crippen molar-refractivity contribution in [1.29, 1.82) is 0 Å². The van der Waals surface area contributed by atoms with Gasteiger partial charge in [-0.1, -0.05) is 36.4 Å². The van der Waals surface area contributed by atoms with E-state index in [0.717, 1.165) is 5.56 Å². The van der Waals surface area contributed by atoms with E-state index in [2.05, 4.69) is 10.5 Å². The second kappa shape index (κ2) is 7.41. The zero-order chi connectivity index (χ0) is 16.8. The van der Waals surface area contributed by atoms with Crippen molar-refractivity contribution in [2.24, 2.45) is 5.10 Å². The molecule has 1 amide bonds. The molecule has 6 heteroatoms. The van der Waals surface area contributed by atoms with Gasteiger partial charge in [-0.25, -0.2) is 10.2 Å². The Bertz CT molecular complexity index is 772. The Morgan fingerprint density at radius 3 is 2.54 bits per heavy atom. The van der Waals surface area contributed by atoms with Gasteiger partial charge in [-0.05, 0) is 18.2 Å². The molecule has 1 N–H and O–H groups in total. The molecular formula is C18H16N2O4.